The van der Waals surface area contributed by atoms with E-state index < -0.39 is 33.0 Å². The Balaban J connectivity index is -0.000000807. The number of hydrogen-bond donors (Lipinski definition) is 0. The van der Waals surface area contributed by atoms with Crippen molar-refractivity contribution in [3.63, 3.8) is 0 Å². The van der Waals surface area contributed by atoms with Crippen molar-refractivity contribution in [1.82, 2.24) is 0 Å². The molecule has 0 bridgehead atoms. The number of hydrogen-bond acceptors (Lipinski definition) is 10. The third kappa shape index (κ3) is 51.4. The maximum absolute atomic E-state index is 10.4. The van der Waals surface area contributed by atoms with Gasteiger partial charge in [0.25, 0.3) is 0 Å². The van der Waals surface area contributed by atoms with Crippen LogP contribution in [-0.4, -0.2) is 102 Å². The van der Waals surface area contributed by atoms with Gasteiger partial charge in [0, 0.05) is 13.2 Å². The predicted molar refractivity (Wildman–Crippen MR) is 190 cm³/mol. The van der Waals surface area contributed by atoms with Crippen LogP contribution in [0.2, 0.25) is 0 Å². The maximum Gasteiger partial charge on any atom is 2.00 e. The average Bonchev–Trinajstić information content (AvgIpc) is 2.96. The Morgan fingerprint density at radius 2 is 0.638 bits per heavy atom. The van der Waals surface area contributed by atoms with Gasteiger partial charge in [0.05, 0.1) is 25.4 Å². The van der Waals surface area contributed by atoms with Crippen LogP contribution in [0.25, 0.3) is 0 Å². The molecule has 0 aromatic rings. The molecule has 2 unspecified atom stereocenters. The van der Waals surface area contributed by atoms with Crippen molar-refractivity contribution >= 4 is 58.5 Å². The van der Waals surface area contributed by atoms with E-state index in [9.17, 15) is 25.9 Å². The molecule has 0 amide bonds. The molecule has 0 saturated heterocycles. The summed E-state index contributed by atoms with van der Waals surface area (Å²) >= 11 is 0. The first-order valence-corrected chi connectivity index (χ1v) is 21.0. The Kier molecular flexibility index (Phi) is 42.4. The van der Waals surface area contributed by atoms with Crippen molar-refractivity contribution in [1.29, 1.82) is 0 Å². The summed E-state index contributed by atoms with van der Waals surface area (Å²) in [4.78, 5) is 0. The molecule has 0 aromatic heterocycles. The molecule has 10 nitrogen and oxygen atoms in total. The topological polar surface area (TPSA) is 151 Å². The van der Waals surface area contributed by atoms with Crippen molar-refractivity contribution in [2.75, 3.05) is 26.4 Å². The van der Waals surface area contributed by atoms with Crippen molar-refractivity contribution < 1.29 is 43.8 Å². The quantitative estimate of drug-likeness (QED) is 0.0271. The van der Waals surface area contributed by atoms with E-state index >= 15 is 0 Å². The zero-order valence-electron chi connectivity index (χ0n) is 30.6. The third-order valence-electron chi connectivity index (χ3n) is 7.55. The Bertz CT molecular complexity index is 761. The summed E-state index contributed by atoms with van der Waals surface area (Å²) in [5.41, 5.74) is 0. The van der Waals surface area contributed by atoms with Crippen molar-refractivity contribution in [3.05, 3.63) is 0 Å². The van der Waals surface area contributed by atoms with Gasteiger partial charge in [-0.2, -0.15) is 0 Å². The molecule has 280 valence electrons. The SMILES string of the molecule is CCCCCCCCCCCCCCOCC(C)OS(=O)(=O)[O-].CCCCCCCCCCCCCCOCC(C)OS(=O)(=O)[O-].[Ca+2]. The van der Waals surface area contributed by atoms with E-state index in [4.69, 9.17) is 9.47 Å². The molecule has 0 aliphatic carbocycles. The van der Waals surface area contributed by atoms with E-state index in [2.05, 4.69) is 22.2 Å². The van der Waals surface area contributed by atoms with Gasteiger partial charge in [-0.3, -0.25) is 8.37 Å². The van der Waals surface area contributed by atoms with Crippen LogP contribution in [0, 0.1) is 0 Å². The minimum absolute atomic E-state index is 0. The normalized spacial score (nSPS) is 13.1. The van der Waals surface area contributed by atoms with Crippen LogP contribution in [0.1, 0.15) is 182 Å². The molecule has 0 radical (unpaired) electrons. The molecular formula is C34H70CaO10S2. The molecule has 2 atom stereocenters. The molecule has 0 saturated carbocycles. The van der Waals surface area contributed by atoms with E-state index in [1.165, 1.54) is 142 Å². The molecule has 0 fully saturated rings. The smallest absolute Gasteiger partial charge is 0.726 e. The summed E-state index contributed by atoms with van der Waals surface area (Å²) in [7, 11) is -9.25. The zero-order valence-corrected chi connectivity index (χ0v) is 34.4. The first-order valence-electron chi connectivity index (χ1n) is 18.3. The van der Waals surface area contributed by atoms with Gasteiger partial charge in [0.2, 0.25) is 20.8 Å². The van der Waals surface area contributed by atoms with Crippen molar-refractivity contribution in [2.45, 2.75) is 194 Å². The fourth-order valence-electron chi connectivity index (χ4n) is 5.05. The zero-order chi connectivity index (χ0) is 34.8. The van der Waals surface area contributed by atoms with Gasteiger partial charge in [-0.25, -0.2) is 16.8 Å². The van der Waals surface area contributed by atoms with Crippen LogP contribution in [-0.2, 0) is 38.6 Å². The Morgan fingerprint density at radius 3 is 0.851 bits per heavy atom. The minimum atomic E-state index is -4.62. The van der Waals surface area contributed by atoms with Gasteiger partial charge in [-0.15, -0.1) is 0 Å². The molecule has 0 spiro atoms. The van der Waals surface area contributed by atoms with E-state index in [-0.39, 0.29) is 51.0 Å². The molecule has 0 aliphatic rings. The number of rotatable bonds is 34. The van der Waals surface area contributed by atoms with Crippen LogP contribution < -0.4 is 0 Å². The summed E-state index contributed by atoms with van der Waals surface area (Å²) in [5, 5.41) is 0. The first kappa shape index (κ1) is 52.3. The van der Waals surface area contributed by atoms with Crippen LogP contribution >= 0.6 is 0 Å². The van der Waals surface area contributed by atoms with E-state index in [1.807, 2.05) is 0 Å². The van der Waals surface area contributed by atoms with Gasteiger partial charge in [-0.05, 0) is 26.7 Å². The van der Waals surface area contributed by atoms with E-state index in [0.29, 0.717) is 13.2 Å². The van der Waals surface area contributed by atoms with Crippen LogP contribution in [0.15, 0.2) is 0 Å². The largest absolute Gasteiger partial charge is 2.00 e. The first-order chi connectivity index (χ1) is 21.9. The van der Waals surface area contributed by atoms with Gasteiger partial charge in [0.15, 0.2) is 0 Å². The minimum Gasteiger partial charge on any atom is -0.726 e. The molecular weight excluding hydrogens is 673 g/mol. The average molecular weight is 743 g/mol. The maximum atomic E-state index is 10.4. The fraction of sp³-hybridized carbons (Fsp3) is 1.00. The predicted octanol–water partition coefficient (Wildman–Crippen LogP) is 8.76. The number of ether oxygens (including phenoxy) is 2. The Hall–Kier alpha value is 0.920. The summed E-state index contributed by atoms with van der Waals surface area (Å²) in [5.74, 6) is 0. The number of unbranched alkanes of at least 4 members (excludes halogenated alkanes) is 22. The van der Waals surface area contributed by atoms with E-state index in [1.54, 1.807) is 0 Å². The molecule has 0 aliphatic heterocycles. The third-order valence-corrected chi connectivity index (χ3v) is 8.68. The van der Waals surface area contributed by atoms with Crippen molar-refractivity contribution in [2.24, 2.45) is 0 Å². The standard InChI is InChI=1S/2C17H36O5S.Ca/c2*1-3-4-5-6-7-8-9-10-11-12-13-14-15-21-16-17(2)22-23(18,19)20;/h2*17H,3-16H2,1-2H3,(H,18,19,20);/q;;+2/p-2. The van der Waals surface area contributed by atoms with Gasteiger partial charge < -0.3 is 18.6 Å². The summed E-state index contributed by atoms with van der Waals surface area (Å²) in [6, 6.07) is 0. The second-order valence-corrected chi connectivity index (χ2v) is 14.6. The van der Waals surface area contributed by atoms with Gasteiger partial charge >= 0.3 is 37.7 Å². The van der Waals surface area contributed by atoms with Crippen LogP contribution in [0.4, 0.5) is 0 Å². The summed E-state index contributed by atoms with van der Waals surface area (Å²) in [6.07, 6.45) is 29.5. The second kappa shape index (κ2) is 38.2. The fourth-order valence-corrected chi connectivity index (χ4v) is 5.96. The monoisotopic (exact) mass is 742 g/mol. The molecule has 47 heavy (non-hydrogen) atoms. The molecule has 0 rings (SSSR count). The van der Waals surface area contributed by atoms with E-state index in [0.717, 1.165) is 25.7 Å². The molecule has 0 aromatic carbocycles. The van der Waals surface area contributed by atoms with Gasteiger partial charge in [-0.1, -0.05) is 155 Å². The second-order valence-electron chi connectivity index (χ2n) is 12.6. The Labute approximate surface area is 320 Å². The molecule has 13 heteroatoms. The molecule has 0 N–H and O–H groups in total. The van der Waals surface area contributed by atoms with Crippen LogP contribution in [0.5, 0.6) is 0 Å². The van der Waals surface area contributed by atoms with Crippen molar-refractivity contribution in [3.8, 4) is 0 Å². The Morgan fingerprint density at radius 1 is 0.426 bits per heavy atom. The summed E-state index contributed by atoms with van der Waals surface area (Å²) in [6.45, 7) is 8.97. The molecule has 0 heterocycles. The summed E-state index contributed by atoms with van der Waals surface area (Å²) < 4.78 is 81.2. The van der Waals surface area contributed by atoms with Crippen LogP contribution in [0.3, 0.4) is 0 Å². The van der Waals surface area contributed by atoms with Gasteiger partial charge in [0.1, 0.15) is 0 Å².